The minimum Gasteiger partial charge on any atom is -0.425 e. The Morgan fingerprint density at radius 1 is 0.893 bits per heavy atom. The number of carbonyl (C=O) groups is 1. The van der Waals surface area contributed by atoms with Crippen molar-refractivity contribution in [1.82, 2.24) is 0 Å². The van der Waals surface area contributed by atoms with E-state index >= 15 is 0 Å². The number of para-hydroxylation sites is 1. The van der Waals surface area contributed by atoms with E-state index in [0.29, 0.717) is 11.3 Å². The summed E-state index contributed by atoms with van der Waals surface area (Å²) in [6, 6.07) is 20.0. The van der Waals surface area contributed by atoms with Gasteiger partial charge in [0.1, 0.15) is 5.75 Å². The summed E-state index contributed by atoms with van der Waals surface area (Å²) >= 11 is 0. The van der Waals surface area contributed by atoms with Crippen molar-refractivity contribution in [1.29, 1.82) is 0 Å². The molecule has 0 fully saturated rings. The van der Waals surface area contributed by atoms with Crippen LogP contribution in [-0.2, 0) is 21.1 Å². The lowest BCUT2D eigenvalue weighted by Crippen LogP contribution is -2.39. The molecule has 1 aliphatic heterocycles. The summed E-state index contributed by atoms with van der Waals surface area (Å²) in [6.07, 6.45) is 0.110. The average molecular weight is 392 g/mol. The third-order valence-electron chi connectivity index (χ3n) is 5.10. The highest BCUT2D eigenvalue weighted by molar-refractivity contribution is 7.93. The van der Waals surface area contributed by atoms with Crippen molar-refractivity contribution in [2.24, 2.45) is 0 Å². The zero-order valence-electron chi connectivity index (χ0n) is 15.7. The summed E-state index contributed by atoms with van der Waals surface area (Å²) in [4.78, 5) is 12.7. The molecule has 3 aromatic carbocycles. The lowest BCUT2D eigenvalue weighted by molar-refractivity contribution is -0.134. The van der Waals surface area contributed by atoms with Gasteiger partial charge in [-0.15, -0.1) is 0 Å². The second-order valence-corrected chi connectivity index (χ2v) is 9.18. The second kappa shape index (κ2) is 6.91. The molecule has 0 saturated heterocycles. The summed E-state index contributed by atoms with van der Waals surface area (Å²) in [5, 5.41) is -1.26. The Hall–Kier alpha value is -2.92. The molecule has 1 heterocycles. The van der Waals surface area contributed by atoms with Gasteiger partial charge in [-0.1, -0.05) is 54.6 Å². The van der Waals surface area contributed by atoms with Crippen molar-refractivity contribution in [3.8, 4) is 16.9 Å². The van der Waals surface area contributed by atoms with Crippen LogP contribution >= 0.6 is 0 Å². The predicted octanol–water partition coefficient (Wildman–Crippen LogP) is 4.27. The minimum atomic E-state index is -3.95. The van der Waals surface area contributed by atoms with Gasteiger partial charge in [-0.3, -0.25) is 4.79 Å². The standard InChI is InChI=1S/C23H20O4S/c1-15-11-12-19(18-9-5-3-7-16(18)2)21(13-15)28(25,26)22-14-17-8-4-6-10-20(17)27-23(22)24/h3-13,22H,14H2,1-2H3. The molecule has 1 unspecified atom stereocenters. The summed E-state index contributed by atoms with van der Waals surface area (Å²) < 4.78 is 32.5. The number of carbonyl (C=O) groups excluding carboxylic acids is 1. The molecule has 3 aromatic rings. The Labute approximate surface area is 164 Å². The van der Waals surface area contributed by atoms with Gasteiger partial charge in [0.2, 0.25) is 0 Å². The molecule has 4 nitrogen and oxygen atoms in total. The molecule has 0 radical (unpaired) electrons. The lowest BCUT2D eigenvalue weighted by Gasteiger charge is -2.24. The van der Waals surface area contributed by atoms with E-state index in [1.807, 2.05) is 56.3 Å². The highest BCUT2D eigenvalue weighted by Crippen LogP contribution is 2.36. The lowest BCUT2D eigenvalue weighted by atomic mass is 10.00. The van der Waals surface area contributed by atoms with E-state index in [9.17, 15) is 13.2 Å². The Morgan fingerprint density at radius 3 is 2.39 bits per heavy atom. The highest BCUT2D eigenvalue weighted by atomic mass is 32.2. The van der Waals surface area contributed by atoms with Gasteiger partial charge < -0.3 is 4.74 Å². The molecular weight excluding hydrogens is 372 g/mol. The van der Waals surface area contributed by atoms with Crippen molar-refractivity contribution < 1.29 is 17.9 Å². The first-order valence-electron chi connectivity index (χ1n) is 9.08. The van der Waals surface area contributed by atoms with E-state index < -0.39 is 21.1 Å². The van der Waals surface area contributed by atoms with Gasteiger partial charge in [0.15, 0.2) is 15.1 Å². The molecule has 1 atom stereocenters. The Bertz CT molecular complexity index is 1180. The number of esters is 1. The highest BCUT2D eigenvalue weighted by Gasteiger charge is 2.40. The van der Waals surface area contributed by atoms with Crippen LogP contribution in [0.1, 0.15) is 16.7 Å². The molecule has 0 N–H and O–H groups in total. The number of benzene rings is 3. The summed E-state index contributed by atoms with van der Waals surface area (Å²) in [6.45, 7) is 3.78. The molecule has 28 heavy (non-hydrogen) atoms. The zero-order valence-corrected chi connectivity index (χ0v) is 16.5. The first-order chi connectivity index (χ1) is 13.4. The van der Waals surface area contributed by atoms with Gasteiger partial charge in [0.25, 0.3) is 0 Å². The van der Waals surface area contributed by atoms with Crippen molar-refractivity contribution >= 4 is 15.8 Å². The van der Waals surface area contributed by atoms with Crippen LogP contribution in [0.25, 0.3) is 11.1 Å². The van der Waals surface area contributed by atoms with Crippen molar-refractivity contribution in [3.63, 3.8) is 0 Å². The second-order valence-electron chi connectivity index (χ2n) is 7.08. The first-order valence-corrected chi connectivity index (χ1v) is 10.6. The van der Waals surface area contributed by atoms with E-state index in [-0.39, 0.29) is 11.3 Å². The van der Waals surface area contributed by atoms with Crippen LogP contribution in [0.4, 0.5) is 0 Å². The number of rotatable bonds is 3. The van der Waals surface area contributed by atoms with Crippen molar-refractivity contribution in [2.75, 3.05) is 0 Å². The quantitative estimate of drug-likeness (QED) is 0.493. The van der Waals surface area contributed by atoms with E-state index in [4.69, 9.17) is 4.74 Å². The maximum atomic E-state index is 13.6. The van der Waals surface area contributed by atoms with Crippen molar-refractivity contribution in [2.45, 2.75) is 30.4 Å². The Kier molecular flexibility index (Phi) is 4.55. The zero-order chi connectivity index (χ0) is 19.9. The molecule has 4 rings (SSSR count). The molecule has 0 aromatic heterocycles. The van der Waals surface area contributed by atoms with Crippen LogP contribution < -0.4 is 4.74 Å². The third kappa shape index (κ3) is 3.12. The van der Waals surface area contributed by atoms with Gasteiger partial charge in [-0.25, -0.2) is 8.42 Å². The topological polar surface area (TPSA) is 60.4 Å². The minimum absolute atomic E-state index is 0.110. The fourth-order valence-electron chi connectivity index (χ4n) is 3.58. The summed E-state index contributed by atoms with van der Waals surface area (Å²) in [5.41, 5.74) is 3.96. The molecule has 1 aliphatic rings. The smallest absolute Gasteiger partial charge is 0.330 e. The van der Waals surface area contributed by atoms with Crippen molar-refractivity contribution in [3.05, 3.63) is 83.4 Å². The van der Waals surface area contributed by atoms with Crippen LogP contribution in [0, 0.1) is 13.8 Å². The monoisotopic (exact) mass is 392 g/mol. The number of hydrogen-bond acceptors (Lipinski definition) is 4. The number of aryl methyl sites for hydroxylation is 2. The fourth-order valence-corrected chi connectivity index (χ4v) is 5.42. The SMILES string of the molecule is Cc1ccc(-c2ccccc2C)c(S(=O)(=O)C2Cc3ccccc3OC2=O)c1. The summed E-state index contributed by atoms with van der Waals surface area (Å²) in [5.74, 6) is -0.293. The largest absolute Gasteiger partial charge is 0.425 e. The molecule has 142 valence electrons. The van der Waals surface area contributed by atoms with Gasteiger partial charge >= 0.3 is 5.97 Å². The molecule has 0 saturated carbocycles. The number of fused-ring (bicyclic) bond motifs is 1. The van der Waals surface area contributed by atoms with Crippen LogP contribution in [0.15, 0.2) is 71.6 Å². The molecule has 5 heteroatoms. The Balaban J connectivity index is 1.86. The molecule has 0 spiro atoms. The number of hydrogen-bond donors (Lipinski definition) is 0. The molecule has 0 amide bonds. The number of ether oxygens (including phenoxy) is 1. The van der Waals surface area contributed by atoms with Crippen LogP contribution in [0.2, 0.25) is 0 Å². The predicted molar refractivity (Wildman–Crippen MR) is 108 cm³/mol. The molecular formula is C23H20O4S. The van der Waals surface area contributed by atoms with Gasteiger partial charge in [-0.05, 0) is 48.2 Å². The maximum absolute atomic E-state index is 13.6. The normalized spacial score (nSPS) is 16.4. The van der Waals surface area contributed by atoms with E-state index in [0.717, 1.165) is 22.3 Å². The van der Waals surface area contributed by atoms with Gasteiger partial charge in [0.05, 0.1) is 4.90 Å². The van der Waals surface area contributed by atoms with Gasteiger partial charge in [0, 0.05) is 12.0 Å². The van der Waals surface area contributed by atoms with Crippen LogP contribution in [0.3, 0.4) is 0 Å². The first kappa shape index (κ1) is 18.4. The Morgan fingerprint density at radius 2 is 1.61 bits per heavy atom. The molecule has 0 bridgehead atoms. The maximum Gasteiger partial charge on any atom is 0.330 e. The average Bonchev–Trinajstić information content (AvgIpc) is 2.68. The fraction of sp³-hybridized carbons (Fsp3) is 0.174. The van der Waals surface area contributed by atoms with E-state index in [1.165, 1.54) is 0 Å². The van der Waals surface area contributed by atoms with E-state index in [1.54, 1.807) is 24.3 Å². The summed E-state index contributed by atoms with van der Waals surface area (Å²) in [7, 11) is -3.95. The van der Waals surface area contributed by atoms with Crippen LogP contribution in [0.5, 0.6) is 5.75 Å². The molecule has 0 aliphatic carbocycles. The third-order valence-corrected chi connectivity index (χ3v) is 7.16. The van der Waals surface area contributed by atoms with Crippen LogP contribution in [-0.4, -0.2) is 19.6 Å². The number of sulfone groups is 1. The van der Waals surface area contributed by atoms with E-state index in [2.05, 4.69) is 0 Å². The van der Waals surface area contributed by atoms with Gasteiger partial charge in [-0.2, -0.15) is 0 Å².